The van der Waals surface area contributed by atoms with Crippen LogP contribution in [0.4, 0.5) is 0 Å². The molecule has 0 saturated heterocycles. The molecule has 0 aromatic heterocycles. The third-order valence-corrected chi connectivity index (χ3v) is 9.61. The van der Waals surface area contributed by atoms with Gasteiger partial charge in [-0.2, -0.15) is 0 Å². The van der Waals surface area contributed by atoms with Crippen LogP contribution in [0.25, 0.3) is 0 Å². The highest BCUT2D eigenvalue weighted by Gasteiger charge is 2.59. The summed E-state index contributed by atoms with van der Waals surface area (Å²) in [7, 11) is -1.34. The van der Waals surface area contributed by atoms with Crippen LogP contribution in [0.3, 0.4) is 0 Å². The maximum absolute atomic E-state index is 12.4. The highest BCUT2D eigenvalue weighted by Crippen LogP contribution is 2.52. The van der Waals surface area contributed by atoms with Crippen LogP contribution >= 0.6 is 23.2 Å². The quantitative estimate of drug-likeness (QED) is 0.511. The summed E-state index contributed by atoms with van der Waals surface area (Å²) in [6, 6.07) is 22.5. The molecule has 0 radical (unpaired) electrons. The molecule has 2 atom stereocenters. The lowest BCUT2D eigenvalue weighted by molar-refractivity contribution is -0.136. The van der Waals surface area contributed by atoms with Gasteiger partial charge in [-0.1, -0.05) is 114 Å². The third-order valence-electron chi connectivity index (χ3n) is 5.39. The normalized spacial score (nSPS) is 22.0. The van der Waals surface area contributed by atoms with Crippen molar-refractivity contribution in [1.82, 2.24) is 0 Å². The number of benzene rings is 2. The van der Waals surface area contributed by atoms with Crippen molar-refractivity contribution in [3.8, 4) is 0 Å². The molecule has 132 valence electrons. The lowest BCUT2D eigenvalue weighted by Crippen LogP contribution is -2.56. The largest absolute Gasteiger partial charge is 0.296 e. The monoisotopic (exact) mass is 390 g/mol. The number of carbonyl (C=O) groups is 1. The van der Waals surface area contributed by atoms with Gasteiger partial charge in [0.05, 0.1) is 0 Å². The number of ketones is 1. The van der Waals surface area contributed by atoms with Gasteiger partial charge in [-0.05, 0) is 12.8 Å². The maximum Gasteiger partial charge on any atom is 0.179 e. The number of rotatable bonds is 7. The first-order chi connectivity index (χ1) is 12.1. The molecule has 1 fully saturated rings. The van der Waals surface area contributed by atoms with Crippen molar-refractivity contribution in [1.29, 1.82) is 0 Å². The smallest absolute Gasteiger partial charge is 0.179 e. The average molecular weight is 391 g/mol. The number of carbonyl (C=O) groups excluding carboxylic acids is 1. The van der Waals surface area contributed by atoms with E-state index >= 15 is 0 Å². The average Bonchev–Trinajstić information content (AvgIpc) is 2.65. The van der Waals surface area contributed by atoms with Gasteiger partial charge < -0.3 is 0 Å². The van der Waals surface area contributed by atoms with E-state index in [2.05, 4.69) is 67.6 Å². The molecule has 0 spiro atoms. The molecular formula is C21H24Cl2OSi. The molecule has 0 amide bonds. The third kappa shape index (κ3) is 3.86. The molecule has 0 bridgehead atoms. The second-order valence-corrected chi connectivity index (χ2v) is 11.3. The van der Waals surface area contributed by atoms with Crippen LogP contribution in [0.5, 0.6) is 0 Å². The van der Waals surface area contributed by atoms with Gasteiger partial charge in [0.25, 0.3) is 0 Å². The van der Waals surface area contributed by atoms with Crippen molar-refractivity contribution in [2.75, 3.05) is 0 Å². The van der Waals surface area contributed by atoms with Crippen molar-refractivity contribution in [3.63, 3.8) is 0 Å². The number of halogens is 2. The SMILES string of the molecule is CCC[C@@H]1[C@@H](CC[SiH](c2ccccc2)c2ccccc2)C(=O)C1(Cl)Cl. The standard InChI is InChI=1S/C21H24Cl2OSi/c1-2-9-19-18(20(24)21(19,22)23)14-15-25(16-10-5-3-6-11-16)17-12-7-4-8-13-17/h3-8,10-13,18-19,25H,2,9,14-15H2,1H3/t18-,19-/m1/s1. The highest BCUT2D eigenvalue weighted by molar-refractivity contribution is 6.85. The van der Waals surface area contributed by atoms with E-state index in [1.54, 1.807) is 0 Å². The van der Waals surface area contributed by atoms with E-state index in [0.717, 1.165) is 25.3 Å². The van der Waals surface area contributed by atoms with Crippen LogP contribution in [0.15, 0.2) is 60.7 Å². The van der Waals surface area contributed by atoms with Crippen molar-refractivity contribution in [3.05, 3.63) is 60.7 Å². The Bertz CT molecular complexity index is 663. The van der Waals surface area contributed by atoms with E-state index in [-0.39, 0.29) is 17.6 Å². The number of Topliss-reactive ketones (excluding diaryl/α,β-unsaturated/α-hetero) is 1. The fraction of sp³-hybridized carbons (Fsp3) is 0.381. The fourth-order valence-electron chi connectivity index (χ4n) is 4.04. The Hall–Kier alpha value is -1.09. The molecule has 1 nitrogen and oxygen atoms in total. The summed E-state index contributed by atoms with van der Waals surface area (Å²) in [4.78, 5) is 12.4. The maximum atomic E-state index is 12.4. The first-order valence-electron chi connectivity index (χ1n) is 9.07. The lowest BCUT2D eigenvalue weighted by Gasteiger charge is -2.46. The Kier molecular flexibility index (Phi) is 6.03. The second kappa shape index (κ2) is 8.07. The molecule has 0 N–H and O–H groups in total. The zero-order valence-electron chi connectivity index (χ0n) is 14.5. The van der Waals surface area contributed by atoms with Gasteiger partial charge in [-0.3, -0.25) is 4.79 Å². The van der Waals surface area contributed by atoms with Gasteiger partial charge in [-0.25, -0.2) is 0 Å². The minimum absolute atomic E-state index is 0.0253. The molecule has 1 saturated carbocycles. The molecule has 1 aliphatic rings. The Morgan fingerprint density at radius 2 is 1.44 bits per heavy atom. The molecule has 0 aliphatic heterocycles. The van der Waals surface area contributed by atoms with E-state index < -0.39 is 13.1 Å². The predicted molar refractivity (Wildman–Crippen MR) is 110 cm³/mol. The minimum atomic E-state index is -1.34. The summed E-state index contributed by atoms with van der Waals surface area (Å²) in [5.41, 5.74) is 0. The number of hydrogen-bond acceptors (Lipinski definition) is 1. The Balaban J connectivity index is 1.77. The summed E-state index contributed by atoms with van der Waals surface area (Å²) in [6.45, 7) is 2.12. The molecular weight excluding hydrogens is 367 g/mol. The first kappa shape index (κ1) is 18.7. The van der Waals surface area contributed by atoms with E-state index in [4.69, 9.17) is 23.2 Å². The first-order valence-corrected chi connectivity index (χ1v) is 11.8. The molecule has 0 unspecified atom stereocenters. The molecule has 1 aliphatic carbocycles. The van der Waals surface area contributed by atoms with Gasteiger partial charge >= 0.3 is 0 Å². The lowest BCUT2D eigenvalue weighted by atomic mass is 9.68. The zero-order valence-corrected chi connectivity index (χ0v) is 17.2. The van der Waals surface area contributed by atoms with Gasteiger partial charge in [-0.15, -0.1) is 0 Å². The van der Waals surface area contributed by atoms with Crippen LogP contribution in [0, 0.1) is 11.8 Å². The topological polar surface area (TPSA) is 17.1 Å². The highest BCUT2D eigenvalue weighted by atomic mass is 35.5. The Labute approximate surface area is 162 Å². The summed E-state index contributed by atoms with van der Waals surface area (Å²) in [5.74, 6) is 0.162. The number of hydrogen-bond donors (Lipinski definition) is 0. The predicted octanol–water partition coefficient (Wildman–Crippen LogP) is 4.21. The van der Waals surface area contributed by atoms with Crippen molar-refractivity contribution < 1.29 is 4.79 Å². The molecule has 2 aromatic rings. The summed E-state index contributed by atoms with van der Waals surface area (Å²) in [5, 5.41) is 2.85. The van der Waals surface area contributed by atoms with E-state index in [0.29, 0.717) is 0 Å². The molecule has 4 heteroatoms. The van der Waals surface area contributed by atoms with E-state index in [1.807, 2.05) is 0 Å². The van der Waals surface area contributed by atoms with E-state index in [1.165, 1.54) is 10.4 Å². The summed E-state index contributed by atoms with van der Waals surface area (Å²) in [6.07, 6.45) is 2.82. The van der Waals surface area contributed by atoms with Crippen molar-refractivity contribution in [2.24, 2.45) is 11.8 Å². The van der Waals surface area contributed by atoms with Crippen LogP contribution in [-0.2, 0) is 4.79 Å². The van der Waals surface area contributed by atoms with Gasteiger partial charge in [0, 0.05) is 11.8 Å². The van der Waals surface area contributed by atoms with Crippen LogP contribution in [0.2, 0.25) is 6.04 Å². The van der Waals surface area contributed by atoms with Crippen molar-refractivity contribution >= 4 is 48.2 Å². The zero-order chi connectivity index (χ0) is 17.9. The molecule has 2 aromatic carbocycles. The summed E-state index contributed by atoms with van der Waals surface area (Å²) >= 11 is 12.5. The Morgan fingerprint density at radius 1 is 0.920 bits per heavy atom. The molecule has 25 heavy (non-hydrogen) atoms. The minimum Gasteiger partial charge on any atom is -0.296 e. The van der Waals surface area contributed by atoms with Crippen molar-refractivity contribution in [2.45, 2.75) is 36.6 Å². The van der Waals surface area contributed by atoms with Crippen LogP contribution < -0.4 is 10.4 Å². The van der Waals surface area contributed by atoms with Gasteiger partial charge in [0.2, 0.25) is 0 Å². The number of alkyl halides is 2. The van der Waals surface area contributed by atoms with E-state index in [9.17, 15) is 4.79 Å². The Morgan fingerprint density at radius 3 is 1.92 bits per heavy atom. The van der Waals surface area contributed by atoms with Crippen LogP contribution in [-0.4, -0.2) is 18.9 Å². The fourth-order valence-corrected chi connectivity index (χ4v) is 7.96. The van der Waals surface area contributed by atoms with Gasteiger partial charge in [0.15, 0.2) is 10.1 Å². The molecule has 0 heterocycles. The molecule has 3 rings (SSSR count). The summed E-state index contributed by atoms with van der Waals surface area (Å²) < 4.78 is -1.16. The van der Waals surface area contributed by atoms with Gasteiger partial charge in [0.1, 0.15) is 8.80 Å². The van der Waals surface area contributed by atoms with Crippen LogP contribution in [0.1, 0.15) is 26.2 Å². The second-order valence-electron chi connectivity index (χ2n) is 6.94.